The van der Waals surface area contributed by atoms with Crippen LogP contribution in [-0.2, 0) is 9.53 Å². The summed E-state index contributed by atoms with van der Waals surface area (Å²) in [6.45, 7) is 2.75. The van der Waals surface area contributed by atoms with Gasteiger partial charge in [-0.05, 0) is 0 Å². The lowest BCUT2D eigenvalue weighted by Crippen LogP contribution is -2.23. The zero-order chi connectivity index (χ0) is 7.49. The normalized spacial score (nSPS) is 11.0. The van der Waals surface area contributed by atoms with Gasteiger partial charge in [-0.1, -0.05) is 0 Å². The van der Waals surface area contributed by atoms with E-state index in [0.717, 1.165) is 0 Å². The summed E-state index contributed by atoms with van der Waals surface area (Å²) in [7, 11) is 0. The second-order valence-corrected chi connectivity index (χ2v) is 2.13. The number of halogens is 3. The summed E-state index contributed by atoms with van der Waals surface area (Å²) < 4.78 is 27.3. The maximum Gasteiger partial charge on any atom is 0.396 e. The van der Waals surface area contributed by atoms with E-state index in [9.17, 15) is 13.6 Å². The van der Waals surface area contributed by atoms with Crippen molar-refractivity contribution in [3.05, 3.63) is 6.92 Å². The molecule has 0 atom stereocenters. The minimum atomic E-state index is -3.58. The van der Waals surface area contributed by atoms with Gasteiger partial charge < -0.3 is 4.74 Å². The minimum absolute atomic E-state index is 0.292. The van der Waals surface area contributed by atoms with E-state index < -0.39 is 10.8 Å². The molecule has 0 aromatic heterocycles. The molecule has 0 heterocycles. The van der Waals surface area contributed by atoms with Crippen molar-refractivity contribution in [1.82, 2.24) is 0 Å². The van der Waals surface area contributed by atoms with Crippen molar-refractivity contribution in [2.75, 3.05) is 6.61 Å². The van der Waals surface area contributed by atoms with E-state index in [1.54, 1.807) is 0 Å². The molecule has 52 valence electrons. The number of carbonyl (C=O) groups is 1. The molecule has 0 aliphatic heterocycles. The molecule has 0 saturated carbocycles. The molecule has 0 aliphatic rings. The van der Waals surface area contributed by atoms with Gasteiger partial charge in [0.25, 0.3) is 0 Å². The quantitative estimate of drug-likeness (QED) is 0.383. The lowest BCUT2D eigenvalue weighted by molar-refractivity contribution is -0.158. The molecule has 0 bridgehead atoms. The maximum atomic E-state index is 11.7. The molecule has 0 unspecified atom stereocenters. The fourth-order valence-corrected chi connectivity index (χ4v) is 0.289. The molecule has 0 N–H and O–H groups in total. The van der Waals surface area contributed by atoms with Crippen molar-refractivity contribution in [3.63, 3.8) is 0 Å². The highest BCUT2D eigenvalue weighted by Gasteiger charge is 2.37. The summed E-state index contributed by atoms with van der Waals surface area (Å²) in [5.41, 5.74) is 0. The molecular weight excluding hydrogens is 198 g/mol. The maximum absolute atomic E-state index is 11.7. The van der Waals surface area contributed by atoms with E-state index >= 15 is 0 Å². The van der Waals surface area contributed by atoms with E-state index in [2.05, 4.69) is 11.7 Å². The first-order valence-corrected chi connectivity index (χ1v) is 2.81. The third-order valence-corrected chi connectivity index (χ3v) is 0.788. The molecule has 0 fully saturated rings. The first-order valence-electron chi connectivity index (χ1n) is 2.01. The number of hydrogen-bond acceptors (Lipinski definition) is 2. The molecule has 0 aromatic rings. The van der Waals surface area contributed by atoms with E-state index in [1.165, 1.54) is 0 Å². The van der Waals surface area contributed by atoms with Gasteiger partial charge in [-0.2, -0.15) is 8.78 Å². The van der Waals surface area contributed by atoms with Crippen LogP contribution in [0.4, 0.5) is 8.78 Å². The molecule has 0 amide bonds. The predicted molar refractivity (Wildman–Crippen MR) is 30.2 cm³/mol. The molecule has 0 aliphatic carbocycles. The number of ether oxygens (including phenoxy) is 1. The Morgan fingerprint density at radius 2 is 2.22 bits per heavy atom. The molecule has 0 aromatic carbocycles. The average molecular weight is 202 g/mol. The second kappa shape index (κ2) is 3.00. The molecule has 2 nitrogen and oxygen atoms in total. The van der Waals surface area contributed by atoms with E-state index in [1.807, 2.05) is 15.9 Å². The standard InChI is InChI=1S/C4H4BrF2O2/c1-2-9-3(8)4(5,6)7/h1-2H2/q+1. The monoisotopic (exact) mass is 201 g/mol. The molecule has 5 heteroatoms. The van der Waals surface area contributed by atoms with E-state index in [0.29, 0.717) is 0 Å². The number of carbonyl (C=O) groups excluding carboxylic acids is 1. The summed E-state index contributed by atoms with van der Waals surface area (Å²) in [4.78, 5) is 6.43. The molecule has 9 heavy (non-hydrogen) atoms. The minimum Gasteiger partial charge on any atom is -0.418 e. The second-order valence-electron chi connectivity index (χ2n) is 1.13. The van der Waals surface area contributed by atoms with Crippen LogP contribution >= 0.6 is 15.9 Å². The zero-order valence-corrected chi connectivity index (χ0v) is 5.95. The Labute approximate surface area is 59.3 Å². The van der Waals surface area contributed by atoms with Crippen molar-refractivity contribution in [3.8, 4) is 0 Å². The number of hydrogen-bond donors (Lipinski definition) is 0. The Kier molecular flexibility index (Phi) is 2.90. The van der Waals surface area contributed by atoms with Crippen LogP contribution in [0.5, 0.6) is 0 Å². The van der Waals surface area contributed by atoms with Crippen molar-refractivity contribution < 1.29 is 18.3 Å². The average Bonchev–Trinajstić information content (AvgIpc) is 1.64. The van der Waals surface area contributed by atoms with Crippen LogP contribution in [-0.4, -0.2) is 17.4 Å². The highest BCUT2D eigenvalue weighted by Crippen LogP contribution is 2.22. The van der Waals surface area contributed by atoms with E-state index in [-0.39, 0.29) is 6.61 Å². The SMILES string of the molecule is [CH2+]COC(=O)C(F)(F)Br. The summed E-state index contributed by atoms with van der Waals surface area (Å²) in [5.74, 6) is -1.61. The first-order chi connectivity index (χ1) is 3.98. The number of alkyl halides is 3. The molecule has 0 rings (SSSR count). The first kappa shape index (κ1) is 8.68. The Hall–Kier alpha value is -0.320. The van der Waals surface area contributed by atoms with Crippen LogP contribution < -0.4 is 0 Å². The smallest absolute Gasteiger partial charge is 0.396 e. The molecular formula is C4H4BrF2O2+. The third-order valence-electron chi connectivity index (χ3n) is 0.465. The van der Waals surface area contributed by atoms with Gasteiger partial charge in [0, 0.05) is 15.9 Å². The summed E-state index contributed by atoms with van der Waals surface area (Å²) in [5, 5.41) is 0. The molecule has 0 spiro atoms. The highest BCUT2D eigenvalue weighted by molar-refractivity contribution is 9.10. The molecule has 0 saturated heterocycles. The number of rotatable bonds is 2. The van der Waals surface area contributed by atoms with Gasteiger partial charge in [-0.3, -0.25) is 0 Å². The van der Waals surface area contributed by atoms with Crippen molar-refractivity contribution in [2.24, 2.45) is 0 Å². The van der Waals surface area contributed by atoms with Crippen molar-refractivity contribution in [2.45, 2.75) is 4.83 Å². The van der Waals surface area contributed by atoms with Crippen LogP contribution in [0, 0.1) is 6.92 Å². The number of esters is 1. The fraction of sp³-hybridized carbons (Fsp3) is 0.500. The summed E-state index contributed by atoms with van der Waals surface area (Å²) in [6.07, 6.45) is 0. The van der Waals surface area contributed by atoms with Gasteiger partial charge in [0.2, 0.25) is 6.61 Å². The summed E-state index contributed by atoms with van der Waals surface area (Å²) >= 11 is 1.81. The van der Waals surface area contributed by atoms with Gasteiger partial charge in [0.15, 0.2) is 0 Å². The summed E-state index contributed by atoms with van der Waals surface area (Å²) in [6, 6.07) is 0. The lowest BCUT2D eigenvalue weighted by Gasteiger charge is -2.03. The Morgan fingerprint density at radius 1 is 1.78 bits per heavy atom. The molecule has 0 radical (unpaired) electrons. The van der Waals surface area contributed by atoms with Gasteiger partial charge in [-0.25, -0.2) is 4.79 Å². The Morgan fingerprint density at radius 3 is 2.33 bits per heavy atom. The van der Waals surface area contributed by atoms with Crippen molar-refractivity contribution >= 4 is 21.9 Å². The Bertz CT molecular complexity index is 110. The van der Waals surface area contributed by atoms with Gasteiger partial charge in [0.05, 0.1) is 0 Å². The van der Waals surface area contributed by atoms with Gasteiger partial charge >= 0.3 is 10.8 Å². The Balaban J connectivity index is 3.74. The fourth-order valence-electron chi connectivity index (χ4n) is 0.175. The van der Waals surface area contributed by atoms with Crippen LogP contribution in [0.1, 0.15) is 0 Å². The third kappa shape index (κ3) is 3.29. The largest absolute Gasteiger partial charge is 0.418 e. The van der Waals surface area contributed by atoms with Gasteiger partial charge in [0.1, 0.15) is 6.92 Å². The van der Waals surface area contributed by atoms with Crippen LogP contribution in [0.3, 0.4) is 0 Å². The lowest BCUT2D eigenvalue weighted by atomic mass is 10.7. The van der Waals surface area contributed by atoms with Crippen LogP contribution in [0.25, 0.3) is 0 Å². The van der Waals surface area contributed by atoms with Gasteiger partial charge in [-0.15, -0.1) is 0 Å². The van der Waals surface area contributed by atoms with Crippen molar-refractivity contribution in [1.29, 1.82) is 0 Å². The highest BCUT2D eigenvalue weighted by atomic mass is 79.9. The topological polar surface area (TPSA) is 26.3 Å². The zero-order valence-electron chi connectivity index (χ0n) is 4.36. The van der Waals surface area contributed by atoms with Crippen LogP contribution in [0.2, 0.25) is 0 Å². The predicted octanol–water partition coefficient (Wildman–Crippen LogP) is 1.35. The van der Waals surface area contributed by atoms with Crippen LogP contribution in [0.15, 0.2) is 0 Å². The van der Waals surface area contributed by atoms with E-state index in [4.69, 9.17) is 0 Å².